The van der Waals surface area contributed by atoms with E-state index in [1.54, 1.807) is 32.9 Å². The summed E-state index contributed by atoms with van der Waals surface area (Å²) in [4.78, 5) is 35.9. The van der Waals surface area contributed by atoms with Crippen molar-refractivity contribution in [3.63, 3.8) is 0 Å². The predicted molar refractivity (Wildman–Crippen MR) is 97.3 cm³/mol. The van der Waals surface area contributed by atoms with Crippen molar-refractivity contribution in [3.8, 4) is 0 Å². The minimum absolute atomic E-state index is 0.162. The summed E-state index contributed by atoms with van der Waals surface area (Å²) in [6.07, 6.45) is -0.653. The molecule has 7 heteroatoms. The van der Waals surface area contributed by atoms with Gasteiger partial charge in [-0.25, -0.2) is 14.0 Å². The number of hydrogen-bond acceptors (Lipinski definition) is 5. The van der Waals surface area contributed by atoms with E-state index in [1.165, 1.54) is 24.3 Å². The molecule has 2 rings (SSSR count). The van der Waals surface area contributed by atoms with Gasteiger partial charge in [0.25, 0.3) is 0 Å². The number of Topliss-reactive ketones (excluding diaryl/α,β-unsaturated/α-hetero) is 1. The van der Waals surface area contributed by atoms with Crippen LogP contribution in [0.5, 0.6) is 0 Å². The molecular formula is C20H20FNO5. The average molecular weight is 373 g/mol. The van der Waals surface area contributed by atoms with Gasteiger partial charge in [0, 0.05) is 11.3 Å². The Morgan fingerprint density at radius 1 is 1.00 bits per heavy atom. The Hall–Kier alpha value is -3.22. The second-order valence-electron chi connectivity index (χ2n) is 6.71. The first-order valence-electron chi connectivity index (χ1n) is 8.20. The Morgan fingerprint density at radius 3 is 2.30 bits per heavy atom. The van der Waals surface area contributed by atoms with Crippen LogP contribution >= 0.6 is 0 Å². The summed E-state index contributed by atoms with van der Waals surface area (Å²) in [7, 11) is 0. The quantitative estimate of drug-likeness (QED) is 0.627. The fraction of sp³-hybridized carbons (Fsp3) is 0.250. The molecule has 0 atom stereocenters. The van der Waals surface area contributed by atoms with Crippen molar-refractivity contribution >= 4 is 23.5 Å². The van der Waals surface area contributed by atoms with Gasteiger partial charge in [0.1, 0.15) is 11.4 Å². The Kier molecular flexibility index (Phi) is 6.28. The minimum Gasteiger partial charge on any atom is -0.454 e. The Balaban J connectivity index is 1.95. The van der Waals surface area contributed by atoms with Crippen LogP contribution in [0.15, 0.2) is 48.5 Å². The van der Waals surface area contributed by atoms with Crippen LogP contribution in [-0.2, 0) is 9.47 Å². The lowest BCUT2D eigenvalue weighted by atomic mass is 10.1. The zero-order chi connectivity index (χ0) is 20.0. The molecule has 0 saturated heterocycles. The van der Waals surface area contributed by atoms with Crippen LogP contribution in [0.25, 0.3) is 0 Å². The van der Waals surface area contributed by atoms with E-state index in [2.05, 4.69) is 5.32 Å². The first kappa shape index (κ1) is 20.1. The lowest BCUT2D eigenvalue weighted by Gasteiger charge is -2.19. The van der Waals surface area contributed by atoms with E-state index in [4.69, 9.17) is 9.47 Å². The molecule has 0 bridgehead atoms. The van der Waals surface area contributed by atoms with E-state index in [0.29, 0.717) is 5.69 Å². The summed E-state index contributed by atoms with van der Waals surface area (Å²) >= 11 is 0. The maximum Gasteiger partial charge on any atom is 0.412 e. The molecule has 0 spiro atoms. The zero-order valence-corrected chi connectivity index (χ0v) is 15.2. The molecule has 0 heterocycles. The standard InChI is InChI=1S/C20H20FNO5/c1-20(2,3)27-19(25)22-16-6-4-5-14(11-16)18(24)26-12-17(23)13-7-9-15(21)10-8-13/h4-11H,12H2,1-3H3,(H,22,25). The second-order valence-corrected chi connectivity index (χ2v) is 6.71. The van der Waals surface area contributed by atoms with Crippen molar-refractivity contribution in [1.82, 2.24) is 0 Å². The Morgan fingerprint density at radius 2 is 1.67 bits per heavy atom. The summed E-state index contributed by atoms with van der Waals surface area (Å²) in [5, 5.41) is 2.52. The number of carbonyl (C=O) groups is 3. The number of rotatable bonds is 5. The van der Waals surface area contributed by atoms with Crippen LogP contribution in [0.3, 0.4) is 0 Å². The van der Waals surface area contributed by atoms with Gasteiger partial charge in [-0.2, -0.15) is 0 Å². The minimum atomic E-state index is -0.724. The highest BCUT2D eigenvalue weighted by Gasteiger charge is 2.17. The van der Waals surface area contributed by atoms with Crippen LogP contribution < -0.4 is 5.32 Å². The molecule has 0 aromatic heterocycles. The molecule has 2 aromatic rings. The third-order valence-corrected chi connectivity index (χ3v) is 3.24. The van der Waals surface area contributed by atoms with E-state index >= 15 is 0 Å². The molecule has 0 fully saturated rings. The van der Waals surface area contributed by atoms with Crippen molar-refractivity contribution < 1.29 is 28.2 Å². The van der Waals surface area contributed by atoms with Crippen LogP contribution in [-0.4, -0.2) is 30.1 Å². The number of nitrogens with one attached hydrogen (secondary N) is 1. The van der Waals surface area contributed by atoms with Gasteiger partial charge in [0.05, 0.1) is 5.56 Å². The van der Waals surface area contributed by atoms with Crippen LogP contribution in [0.4, 0.5) is 14.9 Å². The maximum absolute atomic E-state index is 12.9. The number of esters is 1. The van der Waals surface area contributed by atoms with Crippen LogP contribution in [0.2, 0.25) is 0 Å². The highest BCUT2D eigenvalue weighted by Crippen LogP contribution is 2.15. The van der Waals surface area contributed by atoms with Crippen LogP contribution in [0, 0.1) is 5.82 Å². The smallest absolute Gasteiger partial charge is 0.412 e. The first-order valence-corrected chi connectivity index (χ1v) is 8.20. The fourth-order valence-electron chi connectivity index (χ4n) is 2.08. The number of carbonyl (C=O) groups excluding carboxylic acids is 3. The number of ether oxygens (including phenoxy) is 2. The third kappa shape index (κ3) is 6.54. The number of amides is 1. The molecule has 6 nitrogen and oxygen atoms in total. The maximum atomic E-state index is 12.9. The molecule has 1 amide bonds. The van der Waals surface area contributed by atoms with E-state index in [1.807, 2.05) is 0 Å². The van der Waals surface area contributed by atoms with Crippen molar-refractivity contribution in [1.29, 1.82) is 0 Å². The van der Waals surface area contributed by atoms with Crippen LogP contribution in [0.1, 0.15) is 41.5 Å². The lowest BCUT2D eigenvalue weighted by Crippen LogP contribution is -2.27. The number of hydrogen-bond donors (Lipinski definition) is 1. The fourth-order valence-corrected chi connectivity index (χ4v) is 2.08. The molecule has 0 aliphatic heterocycles. The highest BCUT2D eigenvalue weighted by atomic mass is 19.1. The predicted octanol–water partition coefficient (Wildman–Crippen LogP) is 4.21. The summed E-state index contributed by atoms with van der Waals surface area (Å²) in [5.41, 5.74) is 0.102. The monoisotopic (exact) mass is 373 g/mol. The average Bonchev–Trinajstić information content (AvgIpc) is 2.58. The third-order valence-electron chi connectivity index (χ3n) is 3.24. The molecule has 0 unspecified atom stereocenters. The molecular weight excluding hydrogens is 353 g/mol. The van der Waals surface area contributed by atoms with Crippen molar-refractivity contribution in [3.05, 3.63) is 65.5 Å². The van der Waals surface area contributed by atoms with Crippen molar-refractivity contribution in [2.24, 2.45) is 0 Å². The van der Waals surface area contributed by atoms with Gasteiger partial charge < -0.3 is 9.47 Å². The summed E-state index contributed by atoms with van der Waals surface area (Å²) in [5.74, 6) is -1.64. The Bertz CT molecular complexity index is 840. The van der Waals surface area contributed by atoms with E-state index in [-0.39, 0.29) is 11.1 Å². The molecule has 0 saturated carbocycles. The van der Waals surface area contributed by atoms with E-state index < -0.39 is 35.9 Å². The first-order chi connectivity index (χ1) is 12.6. The second kappa shape index (κ2) is 8.44. The summed E-state index contributed by atoms with van der Waals surface area (Å²) < 4.78 is 23.0. The zero-order valence-electron chi connectivity index (χ0n) is 15.2. The number of halogens is 1. The highest BCUT2D eigenvalue weighted by molar-refractivity contribution is 5.99. The summed E-state index contributed by atoms with van der Waals surface area (Å²) in [6.45, 7) is 4.73. The Labute approximate surface area is 156 Å². The summed E-state index contributed by atoms with van der Waals surface area (Å²) in [6, 6.07) is 11.0. The SMILES string of the molecule is CC(C)(C)OC(=O)Nc1cccc(C(=O)OCC(=O)c2ccc(F)cc2)c1. The lowest BCUT2D eigenvalue weighted by molar-refractivity contribution is 0.0474. The normalized spacial score (nSPS) is 10.8. The van der Waals surface area contributed by atoms with Crippen molar-refractivity contribution in [2.75, 3.05) is 11.9 Å². The number of benzene rings is 2. The molecule has 0 aliphatic rings. The topological polar surface area (TPSA) is 81.7 Å². The van der Waals surface area contributed by atoms with Gasteiger partial charge >= 0.3 is 12.1 Å². The molecule has 2 aromatic carbocycles. The van der Waals surface area contributed by atoms with Gasteiger partial charge in [-0.1, -0.05) is 6.07 Å². The van der Waals surface area contributed by atoms with E-state index in [0.717, 1.165) is 12.1 Å². The van der Waals surface area contributed by atoms with Gasteiger partial charge in [-0.05, 0) is 63.2 Å². The van der Waals surface area contributed by atoms with Gasteiger partial charge in [-0.3, -0.25) is 10.1 Å². The number of ketones is 1. The largest absolute Gasteiger partial charge is 0.454 e. The van der Waals surface area contributed by atoms with Crippen molar-refractivity contribution in [2.45, 2.75) is 26.4 Å². The van der Waals surface area contributed by atoms with Gasteiger partial charge in [0.15, 0.2) is 12.4 Å². The molecule has 142 valence electrons. The van der Waals surface area contributed by atoms with E-state index in [9.17, 15) is 18.8 Å². The van der Waals surface area contributed by atoms with Gasteiger partial charge in [-0.15, -0.1) is 0 Å². The molecule has 1 N–H and O–H groups in total. The molecule has 0 radical (unpaired) electrons. The number of anilines is 1. The molecule has 0 aliphatic carbocycles. The van der Waals surface area contributed by atoms with Gasteiger partial charge in [0.2, 0.25) is 0 Å². The molecule has 27 heavy (non-hydrogen) atoms.